The number of aliphatic hydroxyl groups is 2. The molecule has 0 aliphatic heterocycles. The number of hydrogen-bond acceptors (Lipinski definition) is 6. The minimum atomic E-state index is -1.44. The third-order valence-corrected chi connectivity index (χ3v) is 0.682. The van der Waals surface area contributed by atoms with Crippen LogP contribution in [0.4, 0.5) is 0 Å². The molecule has 0 fully saturated rings. The first kappa shape index (κ1) is 52.1. The van der Waals surface area contributed by atoms with Gasteiger partial charge in [-0.15, -0.1) is 0 Å². The number of carboxylic acid groups (broad SMARTS) is 2. The maximum Gasteiger partial charge on any atom is 2.00 e. The van der Waals surface area contributed by atoms with Crippen LogP contribution in [0.5, 0.6) is 0 Å². The van der Waals surface area contributed by atoms with Crippen LogP contribution in [-0.2, 0) is 9.59 Å². The second-order valence-electron chi connectivity index (χ2n) is 1.99. The molecule has 12 N–H and O–H groups in total. The summed E-state index contributed by atoms with van der Waals surface area (Å²) in [6, 6.07) is 0. The molecular weight excluding hydrogens is 288 g/mol. The Kier molecular flexibility index (Phi) is 87.4. The summed E-state index contributed by atoms with van der Waals surface area (Å²) in [5.41, 5.74) is 0. The smallest absolute Gasteiger partial charge is 0.547 e. The summed E-state index contributed by atoms with van der Waals surface area (Å²) >= 11 is 0. The zero-order valence-electron chi connectivity index (χ0n) is 9.89. The molecule has 0 aromatic rings. The average Bonchev–Trinajstić information content (AvgIpc) is 1.88. The zero-order chi connectivity index (χ0) is 10.3. The van der Waals surface area contributed by atoms with Crippen molar-refractivity contribution in [1.82, 2.24) is 0 Å². The Bertz CT molecular complexity index is 142. The third kappa shape index (κ3) is 56.5. The maximum absolute atomic E-state index is 9.34. The predicted octanol–water partition coefficient (Wildman–Crippen LogP) is -8.27. The first-order valence-electron chi connectivity index (χ1n) is 3.06. The van der Waals surface area contributed by atoms with E-state index in [-0.39, 0.29) is 65.1 Å². The number of carboxylic acids is 2. The van der Waals surface area contributed by atoms with Crippen LogP contribution in [0.1, 0.15) is 13.8 Å². The summed E-state index contributed by atoms with van der Waals surface area (Å²) in [6.45, 7) is 2.27. The van der Waals surface area contributed by atoms with Crippen molar-refractivity contribution >= 4 is 49.7 Å². The van der Waals surface area contributed by atoms with Gasteiger partial charge in [-0.05, 0) is 13.8 Å². The van der Waals surface area contributed by atoms with Crippen LogP contribution >= 0.6 is 0 Å². The number of carbonyl (C=O) groups excluding carboxylic acids is 2. The normalized spacial score (nSPS) is 9.11. The topological polar surface area (TPSA) is 278 Å². The summed E-state index contributed by atoms with van der Waals surface area (Å²) in [5.74, 6) is -2.87. The van der Waals surface area contributed by atoms with Gasteiger partial charge in [-0.25, -0.2) is 0 Å². The van der Waals surface area contributed by atoms with Crippen molar-refractivity contribution in [3.63, 3.8) is 0 Å². The Hall–Kier alpha value is -0.0803. The summed E-state index contributed by atoms with van der Waals surface area (Å²) in [4.78, 5) is 18.7. The summed E-state index contributed by atoms with van der Waals surface area (Å²) in [7, 11) is 0. The van der Waals surface area contributed by atoms with Crippen LogP contribution in [0, 0.1) is 0 Å². The molecule has 0 saturated heterocycles. The van der Waals surface area contributed by atoms with Gasteiger partial charge in [0.05, 0.1) is 24.1 Å². The van der Waals surface area contributed by atoms with E-state index in [0.29, 0.717) is 0 Å². The standard InChI is InChI=1S/2C3H6O3.Ca.5H2O/c2*1-2(4)3(5)6;;;;;;/h2*2,4H,1H3,(H,5,6);;5*1H2/q;;+2;;;;;/p-2/t2*2-;;;;;;/m10....../s1. The number of carbonyl (C=O) groups is 2. The quantitative estimate of drug-likeness (QED) is 0.466. The van der Waals surface area contributed by atoms with Gasteiger partial charge in [0.2, 0.25) is 0 Å². The fourth-order valence-electron chi connectivity index (χ4n) is 0. The number of rotatable bonds is 2. The van der Waals surface area contributed by atoms with Gasteiger partial charge < -0.3 is 57.4 Å². The first-order chi connectivity index (χ1) is 5.29. The Morgan fingerprint density at radius 2 is 0.833 bits per heavy atom. The van der Waals surface area contributed by atoms with Crippen molar-refractivity contribution in [2.45, 2.75) is 26.1 Å². The molecule has 0 aromatic carbocycles. The minimum absolute atomic E-state index is 0. The molecule has 0 bridgehead atoms. The summed E-state index contributed by atoms with van der Waals surface area (Å²) in [5, 5.41) is 34.6. The van der Waals surface area contributed by atoms with Crippen molar-refractivity contribution in [1.29, 1.82) is 0 Å². The van der Waals surface area contributed by atoms with Gasteiger partial charge in [0, 0.05) is 0 Å². The Morgan fingerprint density at radius 1 is 0.778 bits per heavy atom. The molecule has 0 spiro atoms. The molecule has 2 atom stereocenters. The Labute approximate surface area is 133 Å². The first-order valence-corrected chi connectivity index (χ1v) is 3.06. The van der Waals surface area contributed by atoms with Crippen molar-refractivity contribution in [2.75, 3.05) is 0 Å². The number of aliphatic hydroxyl groups excluding tert-OH is 2. The van der Waals surface area contributed by atoms with Crippen LogP contribution in [-0.4, -0.2) is 99.5 Å². The molecule has 12 heteroatoms. The average molecular weight is 308 g/mol. The fraction of sp³-hybridized carbons (Fsp3) is 0.667. The molecule has 112 valence electrons. The van der Waals surface area contributed by atoms with E-state index >= 15 is 0 Å². The van der Waals surface area contributed by atoms with E-state index in [1.807, 2.05) is 0 Å². The molecule has 0 aliphatic rings. The van der Waals surface area contributed by atoms with Gasteiger partial charge in [0.1, 0.15) is 0 Å². The molecule has 11 nitrogen and oxygen atoms in total. The Morgan fingerprint density at radius 3 is 0.833 bits per heavy atom. The molecule has 0 amide bonds. The molecule has 0 saturated carbocycles. The SMILES string of the molecule is C[C@@H](O)C(=O)[O-].C[C@H](O)C(=O)[O-].O.O.O.O.O.[Ca+2]. The number of aliphatic carboxylic acids is 2. The van der Waals surface area contributed by atoms with E-state index in [1.165, 1.54) is 0 Å². The van der Waals surface area contributed by atoms with Crippen LogP contribution in [0.3, 0.4) is 0 Å². The molecule has 18 heavy (non-hydrogen) atoms. The third-order valence-electron chi connectivity index (χ3n) is 0.682. The molecule has 0 unspecified atom stereocenters. The Balaban J connectivity index is -0.0000000139. The summed E-state index contributed by atoms with van der Waals surface area (Å²) < 4.78 is 0. The molecular formula is C6H20CaO11. The van der Waals surface area contributed by atoms with E-state index in [0.717, 1.165) is 13.8 Å². The monoisotopic (exact) mass is 308 g/mol. The molecule has 0 aromatic heterocycles. The largest absolute Gasteiger partial charge is 2.00 e. The van der Waals surface area contributed by atoms with E-state index < -0.39 is 24.1 Å². The van der Waals surface area contributed by atoms with E-state index in [1.54, 1.807) is 0 Å². The van der Waals surface area contributed by atoms with Crippen LogP contribution < -0.4 is 10.2 Å². The predicted molar refractivity (Wildman–Crippen MR) is 57.2 cm³/mol. The van der Waals surface area contributed by atoms with E-state index in [2.05, 4.69) is 0 Å². The fourth-order valence-corrected chi connectivity index (χ4v) is 0. The second-order valence-corrected chi connectivity index (χ2v) is 1.99. The van der Waals surface area contributed by atoms with E-state index in [4.69, 9.17) is 10.2 Å². The van der Waals surface area contributed by atoms with Gasteiger partial charge in [0.25, 0.3) is 0 Å². The van der Waals surface area contributed by atoms with Crippen molar-refractivity contribution in [3.05, 3.63) is 0 Å². The molecule has 0 radical (unpaired) electrons. The summed E-state index contributed by atoms with van der Waals surface area (Å²) in [6.07, 6.45) is -2.69. The van der Waals surface area contributed by atoms with Crippen molar-refractivity contribution < 1.29 is 57.4 Å². The van der Waals surface area contributed by atoms with Gasteiger partial charge in [-0.2, -0.15) is 0 Å². The van der Waals surface area contributed by atoms with Crippen LogP contribution in [0.25, 0.3) is 0 Å². The second kappa shape index (κ2) is 30.2. The van der Waals surface area contributed by atoms with Gasteiger partial charge in [0.15, 0.2) is 0 Å². The van der Waals surface area contributed by atoms with Crippen molar-refractivity contribution in [3.8, 4) is 0 Å². The minimum Gasteiger partial charge on any atom is -0.547 e. The van der Waals surface area contributed by atoms with E-state index in [9.17, 15) is 19.8 Å². The molecule has 0 aliphatic carbocycles. The van der Waals surface area contributed by atoms with Crippen LogP contribution in [0.15, 0.2) is 0 Å². The van der Waals surface area contributed by atoms with Gasteiger partial charge in [-0.3, -0.25) is 0 Å². The molecule has 0 heterocycles. The van der Waals surface area contributed by atoms with Gasteiger partial charge in [-0.1, -0.05) is 0 Å². The number of hydrogen-bond donors (Lipinski definition) is 2. The van der Waals surface area contributed by atoms with Crippen molar-refractivity contribution in [2.24, 2.45) is 0 Å². The molecule has 0 rings (SSSR count). The zero-order valence-corrected chi connectivity index (χ0v) is 12.1. The maximum atomic E-state index is 9.34. The van der Waals surface area contributed by atoms with Crippen LogP contribution in [0.2, 0.25) is 0 Å². The van der Waals surface area contributed by atoms with Gasteiger partial charge >= 0.3 is 37.7 Å².